The average Bonchev–Trinajstić information content (AvgIpc) is 2.73. The Bertz CT molecular complexity index is 1080. The van der Waals surface area contributed by atoms with Gasteiger partial charge in [0.15, 0.2) is 5.16 Å². The van der Waals surface area contributed by atoms with Gasteiger partial charge in [-0.05, 0) is 56.5 Å². The molecule has 0 saturated heterocycles. The number of para-hydroxylation sites is 1. The summed E-state index contributed by atoms with van der Waals surface area (Å²) in [6.45, 7) is 4.06. The molecule has 1 amide bonds. The molecule has 5 nitrogen and oxygen atoms in total. The van der Waals surface area contributed by atoms with Crippen molar-refractivity contribution in [1.29, 1.82) is 0 Å². The summed E-state index contributed by atoms with van der Waals surface area (Å²) in [7, 11) is 0. The van der Waals surface area contributed by atoms with Gasteiger partial charge >= 0.3 is 0 Å². The van der Waals surface area contributed by atoms with Crippen LogP contribution in [0.5, 0.6) is 0 Å². The second kappa shape index (κ2) is 10.6. The van der Waals surface area contributed by atoms with Gasteiger partial charge in [0.2, 0.25) is 5.91 Å². The van der Waals surface area contributed by atoms with E-state index in [4.69, 9.17) is 16.6 Å². The van der Waals surface area contributed by atoms with Crippen LogP contribution in [0.2, 0.25) is 5.02 Å². The molecule has 2 aromatic carbocycles. The number of benzene rings is 2. The van der Waals surface area contributed by atoms with E-state index in [9.17, 15) is 9.59 Å². The van der Waals surface area contributed by atoms with Crippen LogP contribution in [0.25, 0.3) is 16.6 Å². The van der Waals surface area contributed by atoms with Gasteiger partial charge < -0.3 is 5.32 Å². The van der Waals surface area contributed by atoms with Crippen molar-refractivity contribution in [3.8, 4) is 5.69 Å². The molecule has 7 heteroatoms. The highest BCUT2D eigenvalue weighted by Crippen LogP contribution is 2.24. The van der Waals surface area contributed by atoms with Crippen LogP contribution in [0.3, 0.4) is 0 Å². The van der Waals surface area contributed by atoms with Crippen molar-refractivity contribution in [1.82, 2.24) is 14.9 Å². The first-order valence-electron chi connectivity index (χ1n) is 10.2. The zero-order chi connectivity index (χ0) is 21.5. The predicted molar refractivity (Wildman–Crippen MR) is 125 cm³/mol. The number of carbonyl (C=O) groups is 1. The van der Waals surface area contributed by atoms with Crippen molar-refractivity contribution in [2.75, 3.05) is 5.75 Å². The van der Waals surface area contributed by atoms with Crippen LogP contribution in [-0.4, -0.2) is 27.3 Å². The highest BCUT2D eigenvalue weighted by Gasteiger charge is 2.13. The molecule has 1 atom stereocenters. The molecule has 158 valence electrons. The number of hydrogen-bond donors (Lipinski definition) is 1. The van der Waals surface area contributed by atoms with E-state index in [-0.39, 0.29) is 17.5 Å². The highest BCUT2D eigenvalue weighted by atomic mass is 35.5. The van der Waals surface area contributed by atoms with Crippen LogP contribution in [-0.2, 0) is 4.79 Å². The van der Waals surface area contributed by atoms with E-state index in [0.717, 1.165) is 25.0 Å². The lowest BCUT2D eigenvalue weighted by molar-refractivity contribution is -0.121. The maximum atomic E-state index is 13.2. The third-order valence-corrected chi connectivity index (χ3v) is 6.12. The fourth-order valence-corrected chi connectivity index (χ4v) is 4.25. The van der Waals surface area contributed by atoms with E-state index < -0.39 is 0 Å². The lowest BCUT2D eigenvalue weighted by Crippen LogP contribution is -2.31. The second-order valence-electron chi connectivity index (χ2n) is 7.21. The van der Waals surface area contributed by atoms with Gasteiger partial charge in [-0.25, -0.2) is 4.98 Å². The number of halogens is 1. The van der Waals surface area contributed by atoms with Gasteiger partial charge in [-0.2, -0.15) is 0 Å². The Morgan fingerprint density at radius 1 is 1.20 bits per heavy atom. The van der Waals surface area contributed by atoms with Gasteiger partial charge in [-0.3, -0.25) is 14.2 Å². The Balaban J connectivity index is 1.75. The number of amides is 1. The van der Waals surface area contributed by atoms with Gasteiger partial charge in [-0.15, -0.1) is 0 Å². The molecule has 0 bridgehead atoms. The standard InChI is InChI=1S/C23H26ClN3O2S/c1-3-16(2)25-21(28)13-6-7-14-30-23-26-20-12-5-4-11-19(20)22(29)27(23)18-10-8-9-17(24)15-18/h4-5,8-12,15-16H,3,6-7,13-14H2,1-2H3,(H,25,28). The normalized spacial score (nSPS) is 12.1. The molecule has 3 aromatic rings. The molecule has 0 saturated carbocycles. The first kappa shape index (κ1) is 22.4. The summed E-state index contributed by atoms with van der Waals surface area (Å²) in [4.78, 5) is 29.8. The van der Waals surface area contributed by atoms with E-state index in [2.05, 4.69) is 12.2 Å². The number of nitrogens with zero attached hydrogens (tertiary/aromatic N) is 2. The van der Waals surface area contributed by atoms with Crippen LogP contribution in [0, 0.1) is 0 Å². The van der Waals surface area contributed by atoms with Crippen molar-refractivity contribution in [2.45, 2.75) is 50.7 Å². The third kappa shape index (κ3) is 5.64. The molecule has 1 aromatic heterocycles. The molecule has 0 radical (unpaired) electrons. The van der Waals surface area contributed by atoms with E-state index in [1.54, 1.807) is 22.8 Å². The van der Waals surface area contributed by atoms with Crippen molar-refractivity contribution >= 4 is 40.2 Å². The minimum absolute atomic E-state index is 0.0917. The van der Waals surface area contributed by atoms with E-state index in [1.807, 2.05) is 37.3 Å². The number of rotatable bonds is 9. The Morgan fingerprint density at radius 2 is 2.00 bits per heavy atom. The largest absolute Gasteiger partial charge is 0.354 e. The molecule has 3 rings (SSSR count). The SMILES string of the molecule is CCC(C)NC(=O)CCCCSc1nc2ccccc2c(=O)n1-c1cccc(Cl)c1. The van der Waals surface area contributed by atoms with E-state index in [0.29, 0.717) is 33.2 Å². The lowest BCUT2D eigenvalue weighted by atomic mass is 10.2. The maximum Gasteiger partial charge on any atom is 0.266 e. The van der Waals surface area contributed by atoms with Gasteiger partial charge in [0.05, 0.1) is 16.6 Å². The summed E-state index contributed by atoms with van der Waals surface area (Å²) in [6, 6.07) is 14.8. The summed E-state index contributed by atoms with van der Waals surface area (Å²) in [6.07, 6.45) is 3.09. The molecule has 0 aliphatic rings. The Kier molecular flexibility index (Phi) is 7.94. The highest BCUT2D eigenvalue weighted by molar-refractivity contribution is 7.99. The third-order valence-electron chi connectivity index (χ3n) is 4.86. The molecule has 1 unspecified atom stereocenters. The Morgan fingerprint density at radius 3 is 2.77 bits per heavy atom. The molecule has 30 heavy (non-hydrogen) atoms. The number of nitrogens with one attached hydrogen (secondary N) is 1. The molecule has 0 aliphatic carbocycles. The van der Waals surface area contributed by atoms with Crippen LogP contribution in [0.4, 0.5) is 0 Å². The number of carbonyl (C=O) groups excluding carboxylic acids is 1. The summed E-state index contributed by atoms with van der Waals surface area (Å²) in [5.41, 5.74) is 1.26. The monoisotopic (exact) mass is 443 g/mol. The predicted octanol–water partition coefficient (Wildman–Crippen LogP) is 5.22. The molecule has 0 aliphatic heterocycles. The van der Waals surface area contributed by atoms with Gasteiger partial charge in [0.25, 0.3) is 5.56 Å². The van der Waals surface area contributed by atoms with E-state index >= 15 is 0 Å². The molecular formula is C23H26ClN3O2S. The summed E-state index contributed by atoms with van der Waals surface area (Å²) in [5, 5.41) is 4.75. The maximum absolute atomic E-state index is 13.2. The minimum atomic E-state index is -0.113. The van der Waals surface area contributed by atoms with Crippen molar-refractivity contribution in [2.24, 2.45) is 0 Å². The van der Waals surface area contributed by atoms with Gasteiger partial charge in [0.1, 0.15) is 0 Å². The van der Waals surface area contributed by atoms with Crippen LogP contribution >= 0.6 is 23.4 Å². The van der Waals surface area contributed by atoms with Crippen molar-refractivity contribution in [3.63, 3.8) is 0 Å². The van der Waals surface area contributed by atoms with Gasteiger partial charge in [-0.1, -0.05) is 48.5 Å². The number of hydrogen-bond acceptors (Lipinski definition) is 4. The van der Waals surface area contributed by atoms with Crippen LogP contribution < -0.4 is 10.9 Å². The number of fused-ring (bicyclic) bond motifs is 1. The number of unbranched alkanes of at least 4 members (excludes halogenated alkanes) is 1. The second-order valence-corrected chi connectivity index (χ2v) is 8.71. The molecule has 0 spiro atoms. The average molecular weight is 444 g/mol. The summed E-state index contributed by atoms with van der Waals surface area (Å²) < 4.78 is 1.62. The zero-order valence-electron chi connectivity index (χ0n) is 17.2. The lowest BCUT2D eigenvalue weighted by Gasteiger charge is -2.13. The molecule has 1 heterocycles. The van der Waals surface area contributed by atoms with Crippen molar-refractivity contribution < 1.29 is 4.79 Å². The van der Waals surface area contributed by atoms with Crippen molar-refractivity contribution in [3.05, 3.63) is 63.9 Å². The first-order valence-corrected chi connectivity index (χ1v) is 11.6. The summed E-state index contributed by atoms with van der Waals surface area (Å²) in [5.74, 6) is 0.858. The minimum Gasteiger partial charge on any atom is -0.354 e. The van der Waals surface area contributed by atoms with Crippen LogP contribution in [0.1, 0.15) is 39.5 Å². The smallest absolute Gasteiger partial charge is 0.266 e. The summed E-state index contributed by atoms with van der Waals surface area (Å²) >= 11 is 7.68. The van der Waals surface area contributed by atoms with Gasteiger partial charge in [0, 0.05) is 23.2 Å². The Labute approximate surface area is 185 Å². The number of aromatic nitrogens is 2. The molecule has 1 N–H and O–H groups in total. The van der Waals surface area contributed by atoms with E-state index in [1.165, 1.54) is 11.8 Å². The fourth-order valence-electron chi connectivity index (χ4n) is 3.05. The Hall–Kier alpha value is -2.31. The first-order chi connectivity index (χ1) is 14.5. The fraction of sp³-hybridized carbons (Fsp3) is 0.348. The molecule has 0 fully saturated rings. The quantitative estimate of drug-likeness (QED) is 0.280. The molecular weight excluding hydrogens is 418 g/mol. The number of thioether (sulfide) groups is 1. The topological polar surface area (TPSA) is 64.0 Å². The van der Waals surface area contributed by atoms with Crippen LogP contribution in [0.15, 0.2) is 58.5 Å². The zero-order valence-corrected chi connectivity index (χ0v) is 18.8.